The Labute approximate surface area is 114 Å². The van der Waals surface area contributed by atoms with Crippen LogP contribution in [0.25, 0.3) is 0 Å². The minimum Gasteiger partial charge on any atom is -0.394 e. The number of ether oxygens (including phenoxy) is 3. The SMILES string of the molecule is CC1(C)O[C@H]2[C@H](O1)[C@@H](n1cnc(C(N)=O)n1)O[C@H]2CO. The van der Waals surface area contributed by atoms with Crippen molar-refractivity contribution in [2.75, 3.05) is 6.61 Å². The number of aromatic nitrogens is 3. The number of rotatable bonds is 3. The number of fused-ring (bicyclic) bond motifs is 1. The topological polar surface area (TPSA) is 122 Å². The van der Waals surface area contributed by atoms with E-state index in [1.165, 1.54) is 11.0 Å². The Kier molecular flexibility index (Phi) is 3.01. The molecule has 1 aromatic rings. The van der Waals surface area contributed by atoms with Gasteiger partial charge in [-0.2, -0.15) is 0 Å². The zero-order chi connectivity index (χ0) is 14.5. The number of carbonyl (C=O) groups is 1. The first-order valence-electron chi connectivity index (χ1n) is 6.24. The summed E-state index contributed by atoms with van der Waals surface area (Å²) in [5.41, 5.74) is 5.12. The summed E-state index contributed by atoms with van der Waals surface area (Å²) in [6.45, 7) is 3.37. The molecule has 2 fully saturated rings. The zero-order valence-electron chi connectivity index (χ0n) is 11.1. The van der Waals surface area contributed by atoms with Gasteiger partial charge in [-0.3, -0.25) is 4.79 Å². The molecule has 0 spiro atoms. The Hall–Kier alpha value is -1.55. The molecule has 2 aliphatic rings. The normalized spacial score (nSPS) is 35.1. The Bertz CT molecular complexity index is 531. The first kappa shape index (κ1) is 13.4. The van der Waals surface area contributed by atoms with Crippen molar-refractivity contribution in [3.05, 3.63) is 12.2 Å². The monoisotopic (exact) mass is 284 g/mol. The molecule has 0 aliphatic carbocycles. The quantitative estimate of drug-likeness (QED) is 0.713. The van der Waals surface area contributed by atoms with Gasteiger partial charge >= 0.3 is 0 Å². The van der Waals surface area contributed by atoms with Gasteiger partial charge in [-0.15, -0.1) is 5.10 Å². The predicted octanol–water partition coefficient (Wildman–Crippen LogP) is -1.21. The summed E-state index contributed by atoms with van der Waals surface area (Å²) in [4.78, 5) is 14.8. The van der Waals surface area contributed by atoms with Crippen molar-refractivity contribution in [1.29, 1.82) is 0 Å². The Morgan fingerprint density at radius 1 is 1.50 bits per heavy atom. The molecule has 1 amide bonds. The number of aliphatic hydroxyl groups excluding tert-OH is 1. The lowest BCUT2D eigenvalue weighted by Gasteiger charge is -2.23. The van der Waals surface area contributed by atoms with E-state index in [2.05, 4.69) is 10.1 Å². The largest absolute Gasteiger partial charge is 0.394 e. The molecule has 0 saturated carbocycles. The summed E-state index contributed by atoms with van der Waals surface area (Å²) < 4.78 is 18.5. The van der Waals surface area contributed by atoms with Gasteiger partial charge in [0.1, 0.15) is 24.6 Å². The maximum absolute atomic E-state index is 11.0. The van der Waals surface area contributed by atoms with Crippen molar-refractivity contribution in [2.24, 2.45) is 5.73 Å². The third kappa shape index (κ3) is 2.08. The van der Waals surface area contributed by atoms with E-state index in [-0.39, 0.29) is 12.4 Å². The van der Waals surface area contributed by atoms with Crippen molar-refractivity contribution < 1.29 is 24.1 Å². The lowest BCUT2D eigenvalue weighted by Crippen LogP contribution is -2.31. The van der Waals surface area contributed by atoms with E-state index in [4.69, 9.17) is 19.9 Å². The van der Waals surface area contributed by atoms with Gasteiger partial charge in [-0.25, -0.2) is 9.67 Å². The van der Waals surface area contributed by atoms with Crippen LogP contribution in [0.5, 0.6) is 0 Å². The summed E-state index contributed by atoms with van der Waals surface area (Å²) >= 11 is 0. The van der Waals surface area contributed by atoms with E-state index >= 15 is 0 Å². The fourth-order valence-electron chi connectivity index (χ4n) is 2.53. The van der Waals surface area contributed by atoms with Gasteiger partial charge in [0, 0.05) is 0 Å². The van der Waals surface area contributed by atoms with Crippen molar-refractivity contribution in [2.45, 2.75) is 44.2 Å². The minimum absolute atomic E-state index is 0.101. The number of hydrogen-bond acceptors (Lipinski definition) is 7. The summed E-state index contributed by atoms with van der Waals surface area (Å²) in [6.07, 6.45) is -0.644. The van der Waals surface area contributed by atoms with Crippen LogP contribution in [-0.2, 0) is 14.2 Å². The lowest BCUT2D eigenvalue weighted by atomic mass is 10.1. The predicted molar refractivity (Wildman–Crippen MR) is 63.4 cm³/mol. The number of nitrogens with zero attached hydrogens (tertiary/aromatic N) is 3. The smallest absolute Gasteiger partial charge is 0.288 e. The molecule has 110 valence electrons. The summed E-state index contributed by atoms with van der Waals surface area (Å²) in [6, 6.07) is 0. The molecule has 0 radical (unpaired) electrons. The van der Waals surface area contributed by atoms with Crippen LogP contribution in [-0.4, -0.2) is 56.5 Å². The van der Waals surface area contributed by atoms with E-state index in [0.29, 0.717) is 0 Å². The first-order chi connectivity index (χ1) is 9.41. The third-order valence-corrected chi connectivity index (χ3v) is 3.29. The van der Waals surface area contributed by atoms with E-state index in [9.17, 15) is 9.90 Å². The van der Waals surface area contributed by atoms with Gasteiger partial charge in [0.25, 0.3) is 5.91 Å². The minimum atomic E-state index is -0.766. The van der Waals surface area contributed by atoms with Crippen LogP contribution in [0.4, 0.5) is 0 Å². The number of primary amides is 1. The number of nitrogens with two attached hydrogens (primary N) is 1. The molecule has 4 atom stereocenters. The van der Waals surface area contributed by atoms with Gasteiger partial charge < -0.3 is 25.1 Å². The van der Waals surface area contributed by atoms with Crippen molar-refractivity contribution in [1.82, 2.24) is 14.8 Å². The van der Waals surface area contributed by atoms with Crippen LogP contribution in [0.3, 0.4) is 0 Å². The van der Waals surface area contributed by atoms with Crippen LogP contribution < -0.4 is 5.73 Å². The van der Waals surface area contributed by atoms with E-state index in [1.54, 1.807) is 13.8 Å². The van der Waals surface area contributed by atoms with Crippen LogP contribution in [0.15, 0.2) is 6.33 Å². The molecular weight excluding hydrogens is 268 g/mol. The Morgan fingerprint density at radius 2 is 2.20 bits per heavy atom. The van der Waals surface area contributed by atoms with Crippen molar-refractivity contribution in [3.63, 3.8) is 0 Å². The van der Waals surface area contributed by atoms with Gasteiger partial charge in [-0.05, 0) is 13.8 Å². The molecule has 0 bridgehead atoms. The number of hydrogen-bond donors (Lipinski definition) is 2. The van der Waals surface area contributed by atoms with E-state index in [1.807, 2.05) is 0 Å². The van der Waals surface area contributed by atoms with Gasteiger partial charge in [0.2, 0.25) is 5.82 Å². The highest BCUT2D eigenvalue weighted by atomic mass is 16.8. The third-order valence-electron chi connectivity index (χ3n) is 3.29. The standard InChI is InChI=1S/C11H16N4O5/c1-11(2)19-6-5(3-16)18-10(7(6)20-11)15-4-13-9(14-15)8(12)17/h4-7,10,16H,3H2,1-2H3,(H2,12,17)/t5-,6+,7-,10-/m0/s1. The van der Waals surface area contributed by atoms with Gasteiger partial charge in [-0.1, -0.05) is 0 Å². The molecule has 0 aromatic carbocycles. The van der Waals surface area contributed by atoms with Crippen LogP contribution in [0, 0.1) is 0 Å². The van der Waals surface area contributed by atoms with Crippen LogP contribution >= 0.6 is 0 Å². The van der Waals surface area contributed by atoms with Crippen LogP contribution in [0.2, 0.25) is 0 Å². The lowest BCUT2D eigenvalue weighted by molar-refractivity contribution is -0.201. The maximum Gasteiger partial charge on any atom is 0.288 e. The summed E-state index contributed by atoms with van der Waals surface area (Å²) in [5.74, 6) is -1.59. The molecule has 3 heterocycles. The van der Waals surface area contributed by atoms with Crippen LogP contribution in [0.1, 0.15) is 30.7 Å². The molecular formula is C11H16N4O5. The number of amides is 1. The second-order valence-corrected chi connectivity index (χ2v) is 5.22. The van der Waals surface area contributed by atoms with E-state index < -0.39 is 36.2 Å². The second kappa shape index (κ2) is 4.48. The van der Waals surface area contributed by atoms with E-state index in [0.717, 1.165) is 0 Å². The average Bonchev–Trinajstić information content (AvgIpc) is 3.01. The molecule has 9 heteroatoms. The Morgan fingerprint density at radius 3 is 2.80 bits per heavy atom. The molecule has 20 heavy (non-hydrogen) atoms. The zero-order valence-corrected chi connectivity index (χ0v) is 11.1. The average molecular weight is 284 g/mol. The molecule has 9 nitrogen and oxygen atoms in total. The molecule has 2 aliphatic heterocycles. The Balaban J connectivity index is 1.87. The highest BCUT2D eigenvalue weighted by molar-refractivity contribution is 5.88. The molecule has 2 saturated heterocycles. The van der Waals surface area contributed by atoms with Crippen molar-refractivity contribution in [3.8, 4) is 0 Å². The fraction of sp³-hybridized carbons (Fsp3) is 0.727. The number of carbonyl (C=O) groups excluding carboxylic acids is 1. The summed E-state index contributed by atoms with van der Waals surface area (Å²) in [5, 5.41) is 13.3. The molecule has 0 unspecified atom stereocenters. The molecule has 3 rings (SSSR count). The fourth-order valence-corrected chi connectivity index (χ4v) is 2.53. The molecule has 3 N–H and O–H groups in total. The van der Waals surface area contributed by atoms with Gasteiger partial charge in [0.05, 0.1) is 6.61 Å². The first-order valence-corrected chi connectivity index (χ1v) is 6.24. The molecule has 1 aromatic heterocycles. The van der Waals surface area contributed by atoms with Gasteiger partial charge in [0.15, 0.2) is 12.0 Å². The highest BCUT2D eigenvalue weighted by Crippen LogP contribution is 2.42. The summed E-state index contributed by atoms with van der Waals surface area (Å²) in [7, 11) is 0. The highest BCUT2D eigenvalue weighted by Gasteiger charge is 2.56. The maximum atomic E-state index is 11.0. The van der Waals surface area contributed by atoms with Crippen molar-refractivity contribution >= 4 is 5.91 Å². The number of aliphatic hydroxyl groups is 1. The second-order valence-electron chi connectivity index (χ2n) is 5.22.